The Hall–Kier alpha value is -0.720. The van der Waals surface area contributed by atoms with Gasteiger partial charge in [0.1, 0.15) is 0 Å². The molecule has 0 spiro atoms. The molecule has 1 amide bonds. The number of nitrogens with zero attached hydrogens (tertiary/aromatic N) is 1. The number of aromatic nitrogens is 1. The van der Waals surface area contributed by atoms with Crippen molar-refractivity contribution >= 4 is 49.6 Å². The van der Waals surface area contributed by atoms with E-state index in [1.807, 2.05) is 17.7 Å². The van der Waals surface area contributed by atoms with Crippen LogP contribution in [0.2, 0.25) is 0 Å². The van der Waals surface area contributed by atoms with Gasteiger partial charge in [0.15, 0.2) is 5.13 Å². The lowest BCUT2D eigenvalue weighted by molar-refractivity contribution is 0.103. The monoisotopic (exact) mass is 302 g/mol. The fraction of sp³-hybridized carbons (Fsp3) is 0.111. The quantitative estimate of drug-likeness (QED) is 0.922. The van der Waals surface area contributed by atoms with Gasteiger partial charge in [0, 0.05) is 15.2 Å². The highest BCUT2D eigenvalue weighted by molar-refractivity contribution is 9.10. The Balaban J connectivity index is 2.10. The summed E-state index contributed by atoms with van der Waals surface area (Å²) in [6.07, 6.45) is 0. The third-order valence-corrected chi connectivity index (χ3v) is 4.20. The van der Waals surface area contributed by atoms with Crippen LogP contribution < -0.4 is 5.32 Å². The van der Waals surface area contributed by atoms with Crippen molar-refractivity contribution in [2.24, 2.45) is 0 Å². The minimum absolute atomic E-state index is 0.111. The zero-order valence-corrected chi connectivity index (χ0v) is 11.0. The van der Waals surface area contributed by atoms with E-state index < -0.39 is 0 Å². The molecular weight excluding hydrogens is 296 g/mol. The number of thiophene rings is 1. The SMILES string of the molecule is Cc1csc(NC(=O)c2cc(Br)cs2)n1. The molecule has 3 nitrogen and oxygen atoms in total. The number of thiazole rings is 1. The van der Waals surface area contributed by atoms with E-state index in [1.165, 1.54) is 22.7 Å². The topological polar surface area (TPSA) is 42.0 Å². The second-order valence-corrected chi connectivity index (χ2v) is 5.56. The van der Waals surface area contributed by atoms with Gasteiger partial charge in [-0.05, 0) is 28.9 Å². The Kier molecular flexibility index (Phi) is 3.18. The maximum Gasteiger partial charge on any atom is 0.267 e. The van der Waals surface area contributed by atoms with Crippen molar-refractivity contribution in [2.75, 3.05) is 5.32 Å². The predicted molar refractivity (Wildman–Crippen MR) is 66.8 cm³/mol. The number of nitrogens with one attached hydrogen (secondary N) is 1. The Morgan fingerprint density at radius 3 is 2.80 bits per heavy atom. The van der Waals surface area contributed by atoms with Crippen LogP contribution in [0.15, 0.2) is 21.3 Å². The van der Waals surface area contributed by atoms with E-state index in [9.17, 15) is 4.79 Å². The molecule has 0 atom stereocenters. The zero-order valence-electron chi connectivity index (χ0n) is 7.78. The van der Waals surface area contributed by atoms with E-state index in [1.54, 1.807) is 6.07 Å². The molecule has 0 saturated heterocycles. The van der Waals surface area contributed by atoms with E-state index in [-0.39, 0.29) is 5.91 Å². The number of carbonyl (C=O) groups is 1. The summed E-state index contributed by atoms with van der Waals surface area (Å²) in [6.45, 7) is 1.90. The summed E-state index contributed by atoms with van der Waals surface area (Å²) in [6, 6.07) is 1.79. The number of amides is 1. The van der Waals surface area contributed by atoms with Gasteiger partial charge in [0.2, 0.25) is 0 Å². The van der Waals surface area contributed by atoms with Gasteiger partial charge in [-0.25, -0.2) is 4.98 Å². The Morgan fingerprint density at radius 1 is 1.47 bits per heavy atom. The molecule has 1 N–H and O–H groups in total. The van der Waals surface area contributed by atoms with Crippen LogP contribution >= 0.6 is 38.6 Å². The van der Waals surface area contributed by atoms with Gasteiger partial charge in [-0.15, -0.1) is 22.7 Å². The summed E-state index contributed by atoms with van der Waals surface area (Å²) in [5.41, 5.74) is 0.919. The highest BCUT2D eigenvalue weighted by atomic mass is 79.9. The van der Waals surface area contributed by atoms with E-state index in [0.29, 0.717) is 10.0 Å². The zero-order chi connectivity index (χ0) is 10.8. The molecule has 0 aliphatic heterocycles. The second-order valence-electron chi connectivity index (χ2n) is 2.88. The van der Waals surface area contributed by atoms with Crippen LogP contribution in [0.25, 0.3) is 0 Å². The highest BCUT2D eigenvalue weighted by Crippen LogP contribution is 2.22. The lowest BCUT2D eigenvalue weighted by Gasteiger charge is -1.96. The standard InChI is InChI=1S/C9H7BrN2OS2/c1-5-3-15-9(11-5)12-8(13)7-2-6(10)4-14-7/h2-4H,1H3,(H,11,12,13). The van der Waals surface area contributed by atoms with Crippen LogP contribution in [-0.4, -0.2) is 10.9 Å². The van der Waals surface area contributed by atoms with E-state index in [4.69, 9.17) is 0 Å². The van der Waals surface area contributed by atoms with Crippen molar-refractivity contribution in [3.05, 3.63) is 31.9 Å². The predicted octanol–water partition coefficient (Wildman–Crippen LogP) is 3.53. The van der Waals surface area contributed by atoms with Crippen molar-refractivity contribution in [1.29, 1.82) is 0 Å². The molecule has 0 aliphatic rings. The van der Waals surface area contributed by atoms with E-state index in [2.05, 4.69) is 26.2 Å². The van der Waals surface area contributed by atoms with Crippen LogP contribution in [0, 0.1) is 6.92 Å². The summed E-state index contributed by atoms with van der Waals surface area (Å²) in [7, 11) is 0. The Labute approximate surface area is 103 Å². The summed E-state index contributed by atoms with van der Waals surface area (Å²) >= 11 is 6.14. The molecule has 2 aromatic heterocycles. The van der Waals surface area contributed by atoms with Gasteiger partial charge in [-0.1, -0.05) is 0 Å². The summed E-state index contributed by atoms with van der Waals surface area (Å²) in [4.78, 5) is 16.5. The van der Waals surface area contributed by atoms with Gasteiger partial charge in [-0.2, -0.15) is 0 Å². The normalized spacial score (nSPS) is 10.3. The molecule has 2 aromatic rings. The molecule has 0 saturated carbocycles. The number of hydrogen-bond acceptors (Lipinski definition) is 4. The molecule has 0 unspecified atom stereocenters. The first kappa shape index (κ1) is 10.8. The molecule has 6 heteroatoms. The molecule has 15 heavy (non-hydrogen) atoms. The van der Waals surface area contributed by atoms with E-state index in [0.717, 1.165) is 10.2 Å². The first-order chi connectivity index (χ1) is 7.15. The lowest BCUT2D eigenvalue weighted by Crippen LogP contribution is -2.09. The summed E-state index contributed by atoms with van der Waals surface area (Å²) in [5.74, 6) is -0.111. The lowest BCUT2D eigenvalue weighted by atomic mass is 10.4. The van der Waals surface area contributed by atoms with Gasteiger partial charge < -0.3 is 0 Å². The van der Waals surface area contributed by atoms with Gasteiger partial charge in [-0.3, -0.25) is 10.1 Å². The fourth-order valence-electron chi connectivity index (χ4n) is 1.00. The Bertz CT molecular complexity index is 492. The van der Waals surface area contributed by atoms with Crippen LogP contribution in [-0.2, 0) is 0 Å². The van der Waals surface area contributed by atoms with Crippen molar-refractivity contribution in [3.63, 3.8) is 0 Å². The Morgan fingerprint density at radius 2 is 2.27 bits per heavy atom. The number of hydrogen-bond donors (Lipinski definition) is 1. The van der Waals surface area contributed by atoms with Crippen LogP contribution in [0.1, 0.15) is 15.4 Å². The average Bonchev–Trinajstić information content (AvgIpc) is 2.75. The summed E-state index contributed by atoms with van der Waals surface area (Å²) < 4.78 is 0.924. The number of halogens is 1. The summed E-state index contributed by atoms with van der Waals surface area (Å²) in [5, 5.41) is 7.17. The molecule has 0 fully saturated rings. The number of anilines is 1. The van der Waals surface area contributed by atoms with Crippen LogP contribution in [0.4, 0.5) is 5.13 Å². The van der Waals surface area contributed by atoms with E-state index >= 15 is 0 Å². The third-order valence-electron chi connectivity index (χ3n) is 1.63. The molecule has 78 valence electrons. The van der Waals surface area contributed by atoms with Crippen molar-refractivity contribution in [3.8, 4) is 0 Å². The number of carbonyl (C=O) groups excluding carboxylic acids is 1. The van der Waals surface area contributed by atoms with Crippen molar-refractivity contribution < 1.29 is 4.79 Å². The molecule has 0 aromatic carbocycles. The first-order valence-corrected chi connectivity index (χ1v) is 6.68. The van der Waals surface area contributed by atoms with Crippen molar-refractivity contribution in [1.82, 2.24) is 4.98 Å². The third kappa shape index (κ3) is 2.64. The minimum Gasteiger partial charge on any atom is -0.297 e. The number of aryl methyl sites for hydroxylation is 1. The molecule has 2 rings (SSSR count). The maximum absolute atomic E-state index is 11.7. The van der Waals surface area contributed by atoms with Gasteiger partial charge in [0.25, 0.3) is 5.91 Å². The smallest absolute Gasteiger partial charge is 0.267 e. The molecule has 0 radical (unpaired) electrons. The van der Waals surface area contributed by atoms with Crippen LogP contribution in [0.3, 0.4) is 0 Å². The van der Waals surface area contributed by atoms with Gasteiger partial charge in [0.05, 0.1) is 10.6 Å². The first-order valence-electron chi connectivity index (χ1n) is 4.12. The number of rotatable bonds is 2. The van der Waals surface area contributed by atoms with Crippen LogP contribution in [0.5, 0.6) is 0 Å². The second kappa shape index (κ2) is 4.42. The maximum atomic E-state index is 11.7. The van der Waals surface area contributed by atoms with Gasteiger partial charge >= 0.3 is 0 Å². The molecule has 0 bridgehead atoms. The largest absolute Gasteiger partial charge is 0.297 e. The molecular formula is C9H7BrN2OS2. The minimum atomic E-state index is -0.111. The molecule has 0 aliphatic carbocycles. The highest BCUT2D eigenvalue weighted by Gasteiger charge is 2.10. The molecule has 2 heterocycles. The fourth-order valence-corrected chi connectivity index (χ4v) is 3.01. The average molecular weight is 303 g/mol. The van der Waals surface area contributed by atoms with Crippen molar-refractivity contribution in [2.45, 2.75) is 6.92 Å².